The number of rotatable bonds is 5. The summed E-state index contributed by atoms with van der Waals surface area (Å²) in [5, 5.41) is 12.3. The first-order valence-corrected chi connectivity index (χ1v) is 4.91. The van der Waals surface area contributed by atoms with Gasteiger partial charge in [-0.1, -0.05) is 11.6 Å². The Morgan fingerprint density at radius 3 is 2.81 bits per heavy atom. The molecule has 90 valence electrons. The fourth-order valence-electron chi connectivity index (χ4n) is 1.06. The molecule has 0 aromatic carbocycles. The van der Waals surface area contributed by atoms with Crippen LogP contribution in [-0.4, -0.2) is 41.4 Å². The number of methoxy groups -OCH3 is 1. The van der Waals surface area contributed by atoms with Crippen LogP contribution in [0.25, 0.3) is 0 Å². The van der Waals surface area contributed by atoms with Crippen molar-refractivity contribution in [2.75, 3.05) is 37.0 Å². The maximum absolute atomic E-state index is 9.40. The maximum Gasteiger partial charge on any atom is 0.223 e. The van der Waals surface area contributed by atoms with Crippen molar-refractivity contribution >= 4 is 29.1 Å². The largest absolute Gasteiger partial charge is 0.393 e. The van der Waals surface area contributed by atoms with E-state index < -0.39 is 6.10 Å². The summed E-state index contributed by atoms with van der Waals surface area (Å²) in [6, 6.07) is 0. The van der Waals surface area contributed by atoms with Crippen LogP contribution >= 0.6 is 11.6 Å². The Morgan fingerprint density at radius 2 is 2.19 bits per heavy atom. The van der Waals surface area contributed by atoms with Crippen LogP contribution in [0.4, 0.5) is 17.5 Å². The van der Waals surface area contributed by atoms with Gasteiger partial charge in [0, 0.05) is 13.7 Å². The molecule has 0 spiro atoms. The maximum atomic E-state index is 9.40. The van der Waals surface area contributed by atoms with Crippen molar-refractivity contribution in [1.29, 1.82) is 0 Å². The van der Waals surface area contributed by atoms with Gasteiger partial charge in [0.25, 0.3) is 0 Å². The van der Waals surface area contributed by atoms with E-state index in [1.807, 2.05) is 0 Å². The second-order valence-electron chi connectivity index (χ2n) is 3.12. The number of nitrogens with two attached hydrogens (primary N) is 2. The van der Waals surface area contributed by atoms with Gasteiger partial charge in [0.05, 0.1) is 12.7 Å². The van der Waals surface area contributed by atoms with Crippen molar-refractivity contribution in [3.05, 3.63) is 5.15 Å². The monoisotopic (exact) mass is 247 g/mol. The van der Waals surface area contributed by atoms with Gasteiger partial charge in [-0.05, 0) is 0 Å². The number of ether oxygens (including phenoxy) is 1. The smallest absolute Gasteiger partial charge is 0.223 e. The standard InChI is InChI=1S/C8H14ClN5O2/c1-16-3-4(15)2-12-7-5(10)6(9)13-8(11)14-7/h4,15H,2-3,10H2,1H3,(H3,11,12,13,14)/t4-/m1/s1. The van der Waals surface area contributed by atoms with Crippen LogP contribution < -0.4 is 16.8 Å². The molecular weight excluding hydrogens is 234 g/mol. The van der Waals surface area contributed by atoms with Crippen LogP contribution in [0, 0.1) is 0 Å². The van der Waals surface area contributed by atoms with Gasteiger partial charge in [0.2, 0.25) is 5.95 Å². The average Bonchev–Trinajstić information content (AvgIpc) is 2.21. The van der Waals surface area contributed by atoms with Gasteiger partial charge in [-0.15, -0.1) is 0 Å². The van der Waals surface area contributed by atoms with Crippen molar-refractivity contribution < 1.29 is 9.84 Å². The first-order valence-electron chi connectivity index (χ1n) is 4.54. The van der Waals surface area contributed by atoms with E-state index in [0.29, 0.717) is 5.82 Å². The van der Waals surface area contributed by atoms with Crippen molar-refractivity contribution in [3.8, 4) is 0 Å². The number of hydrogen-bond acceptors (Lipinski definition) is 7. The Kier molecular flexibility index (Phi) is 4.53. The van der Waals surface area contributed by atoms with E-state index in [1.165, 1.54) is 7.11 Å². The zero-order chi connectivity index (χ0) is 12.1. The second-order valence-corrected chi connectivity index (χ2v) is 3.48. The first-order chi connectivity index (χ1) is 7.54. The fraction of sp³-hybridized carbons (Fsp3) is 0.500. The van der Waals surface area contributed by atoms with Crippen LogP contribution in [-0.2, 0) is 4.74 Å². The molecule has 7 nitrogen and oxygen atoms in total. The molecule has 0 amide bonds. The number of anilines is 3. The predicted octanol–water partition coefficient (Wildman–Crippen LogP) is -0.286. The van der Waals surface area contributed by atoms with Crippen LogP contribution in [0.3, 0.4) is 0 Å². The van der Waals surface area contributed by atoms with Crippen LogP contribution in [0.15, 0.2) is 0 Å². The molecule has 0 bridgehead atoms. The number of nitrogen functional groups attached to an aromatic ring is 2. The van der Waals surface area contributed by atoms with E-state index >= 15 is 0 Å². The number of nitrogens with zero attached hydrogens (tertiary/aromatic N) is 2. The predicted molar refractivity (Wildman–Crippen MR) is 62.2 cm³/mol. The Bertz CT molecular complexity index is 363. The molecule has 0 aliphatic rings. The normalized spacial score (nSPS) is 12.4. The minimum Gasteiger partial charge on any atom is -0.393 e. The van der Waals surface area contributed by atoms with Crippen molar-refractivity contribution in [1.82, 2.24) is 9.97 Å². The highest BCUT2D eigenvalue weighted by atomic mass is 35.5. The number of hydrogen-bond donors (Lipinski definition) is 4. The highest BCUT2D eigenvalue weighted by Gasteiger charge is 2.10. The molecule has 1 atom stereocenters. The van der Waals surface area contributed by atoms with Gasteiger partial charge in [0.1, 0.15) is 5.69 Å². The van der Waals surface area contributed by atoms with Gasteiger partial charge in [-0.25, -0.2) is 0 Å². The zero-order valence-electron chi connectivity index (χ0n) is 8.77. The van der Waals surface area contributed by atoms with Gasteiger partial charge in [-0.2, -0.15) is 9.97 Å². The molecule has 0 aliphatic carbocycles. The van der Waals surface area contributed by atoms with Crippen LogP contribution in [0.2, 0.25) is 5.15 Å². The summed E-state index contributed by atoms with van der Waals surface area (Å²) in [6.07, 6.45) is -0.667. The minimum atomic E-state index is -0.667. The third-order valence-corrected chi connectivity index (χ3v) is 2.07. The first kappa shape index (κ1) is 12.8. The summed E-state index contributed by atoms with van der Waals surface area (Å²) in [5.74, 6) is 0.315. The lowest BCUT2D eigenvalue weighted by Gasteiger charge is -2.13. The van der Waals surface area contributed by atoms with Gasteiger partial charge < -0.3 is 26.6 Å². The summed E-state index contributed by atoms with van der Waals surface area (Å²) >= 11 is 5.71. The van der Waals surface area contributed by atoms with Crippen molar-refractivity contribution in [2.24, 2.45) is 0 Å². The van der Waals surface area contributed by atoms with Crippen LogP contribution in [0.5, 0.6) is 0 Å². The van der Waals surface area contributed by atoms with Crippen LogP contribution in [0.1, 0.15) is 0 Å². The highest BCUT2D eigenvalue weighted by molar-refractivity contribution is 6.32. The lowest BCUT2D eigenvalue weighted by Crippen LogP contribution is -2.25. The fourth-order valence-corrected chi connectivity index (χ4v) is 1.23. The molecule has 16 heavy (non-hydrogen) atoms. The highest BCUT2D eigenvalue weighted by Crippen LogP contribution is 2.23. The van der Waals surface area contributed by atoms with Crippen molar-refractivity contribution in [2.45, 2.75) is 6.10 Å². The van der Waals surface area contributed by atoms with E-state index in [9.17, 15) is 5.11 Å². The second kappa shape index (κ2) is 5.69. The molecule has 1 rings (SSSR count). The molecule has 0 radical (unpaired) electrons. The molecule has 6 N–H and O–H groups in total. The minimum absolute atomic E-state index is 0.0166. The third-order valence-electron chi connectivity index (χ3n) is 1.78. The number of aliphatic hydroxyl groups excluding tert-OH is 1. The van der Waals surface area contributed by atoms with E-state index in [-0.39, 0.29) is 29.9 Å². The number of aromatic nitrogens is 2. The van der Waals surface area contributed by atoms with Gasteiger partial charge in [0.15, 0.2) is 11.0 Å². The number of nitrogens with one attached hydrogen (secondary N) is 1. The SMILES string of the molecule is COC[C@H](O)CNc1nc(N)nc(Cl)c1N. The molecule has 1 aromatic heterocycles. The number of halogens is 1. The number of aliphatic hydroxyl groups is 1. The van der Waals surface area contributed by atoms with Gasteiger partial charge >= 0.3 is 0 Å². The Morgan fingerprint density at radius 1 is 1.50 bits per heavy atom. The van der Waals surface area contributed by atoms with Crippen molar-refractivity contribution in [3.63, 3.8) is 0 Å². The molecule has 0 saturated heterocycles. The Hall–Kier alpha value is -1.31. The van der Waals surface area contributed by atoms with E-state index in [4.69, 9.17) is 27.8 Å². The Labute approximate surface area is 97.8 Å². The molecule has 0 aliphatic heterocycles. The Balaban J connectivity index is 2.66. The molecule has 1 aromatic rings. The lowest BCUT2D eigenvalue weighted by molar-refractivity contribution is 0.0727. The quantitative estimate of drug-likeness (QED) is 0.528. The van der Waals surface area contributed by atoms with E-state index in [0.717, 1.165) is 0 Å². The third kappa shape index (κ3) is 3.37. The molecule has 0 saturated carbocycles. The molecule has 1 heterocycles. The zero-order valence-corrected chi connectivity index (χ0v) is 9.53. The molecule has 8 heteroatoms. The summed E-state index contributed by atoms with van der Waals surface area (Å²) in [7, 11) is 1.50. The average molecular weight is 248 g/mol. The summed E-state index contributed by atoms with van der Waals surface area (Å²) in [5.41, 5.74) is 11.2. The van der Waals surface area contributed by atoms with E-state index in [2.05, 4.69) is 15.3 Å². The summed E-state index contributed by atoms with van der Waals surface area (Å²) in [4.78, 5) is 7.54. The molecule has 0 unspecified atom stereocenters. The van der Waals surface area contributed by atoms with E-state index in [1.54, 1.807) is 0 Å². The lowest BCUT2D eigenvalue weighted by atomic mass is 10.3. The topological polar surface area (TPSA) is 119 Å². The molecule has 0 fully saturated rings. The summed E-state index contributed by atoms with van der Waals surface area (Å²) < 4.78 is 4.76. The van der Waals surface area contributed by atoms with Gasteiger partial charge in [-0.3, -0.25) is 0 Å². The summed E-state index contributed by atoms with van der Waals surface area (Å²) in [6.45, 7) is 0.437. The molecular formula is C8H14ClN5O2.